The van der Waals surface area contributed by atoms with E-state index in [1.54, 1.807) is 0 Å². The second-order valence-corrected chi connectivity index (χ2v) is 4.66. The van der Waals surface area contributed by atoms with Crippen LogP contribution >= 0.6 is 0 Å². The van der Waals surface area contributed by atoms with Gasteiger partial charge >= 0.3 is 0 Å². The lowest BCUT2D eigenvalue weighted by Crippen LogP contribution is -2.28. The molecule has 3 nitrogen and oxygen atoms in total. The van der Waals surface area contributed by atoms with Gasteiger partial charge in [-0.1, -0.05) is 29.8 Å². The highest BCUT2D eigenvalue weighted by Crippen LogP contribution is 2.24. The SMILES string of the molecule is Cc1ccc(-c2nc3n(c2C)CCNC3)cc1. The van der Waals surface area contributed by atoms with Crippen LogP contribution in [0.1, 0.15) is 17.1 Å². The summed E-state index contributed by atoms with van der Waals surface area (Å²) in [7, 11) is 0. The molecular formula is C14H17N3. The van der Waals surface area contributed by atoms with E-state index in [0.29, 0.717) is 0 Å². The second-order valence-electron chi connectivity index (χ2n) is 4.66. The molecular weight excluding hydrogens is 210 g/mol. The van der Waals surface area contributed by atoms with Crippen LogP contribution in [0.4, 0.5) is 0 Å². The van der Waals surface area contributed by atoms with Gasteiger partial charge in [0.1, 0.15) is 5.82 Å². The van der Waals surface area contributed by atoms with Gasteiger partial charge in [-0.3, -0.25) is 0 Å². The first-order chi connectivity index (χ1) is 8.25. The molecule has 0 atom stereocenters. The van der Waals surface area contributed by atoms with Crippen molar-refractivity contribution in [3.8, 4) is 11.3 Å². The molecule has 0 fully saturated rings. The lowest BCUT2D eigenvalue weighted by molar-refractivity contribution is 0.499. The zero-order valence-electron chi connectivity index (χ0n) is 10.3. The Balaban J connectivity index is 2.09. The summed E-state index contributed by atoms with van der Waals surface area (Å²) in [4.78, 5) is 4.75. The minimum absolute atomic E-state index is 0.882. The summed E-state index contributed by atoms with van der Waals surface area (Å²) >= 11 is 0. The van der Waals surface area contributed by atoms with Crippen LogP contribution in [0.15, 0.2) is 24.3 Å². The van der Waals surface area contributed by atoms with E-state index in [-0.39, 0.29) is 0 Å². The van der Waals surface area contributed by atoms with E-state index in [1.807, 2.05) is 0 Å². The van der Waals surface area contributed by atoms with Crippen LogP contribution in [0.3, 0.4) is 0 Å². The van der Waals surface area contributed by atoms with Crippen LogP contribution in [0.5, 0.6) is 0 Å². The van der Waals surface area contributed by atoms with Crippen molar-refractivity contribution in [1.82, 2.24) is 14.9 Å². The third-order valence-corrected chi connectivity index (χ3v) is 3.42. The highest BCUT2D eigenvalue weighted by atomic mass is 15.2. The fraction of sp³-hybridized carbons (Fsp3) is 0.357. The standard InChI is InChI=1S/C14H17N3/c1-10-3-5-12(6-4-10)14-11(2)17-8-7-15-9-13(17)16-14/h3-6,15H,7-9H2,1-2H3. The Hall–Kier alpha value is -1.61. The van der Waals surface area contributed by atoms with E-state index in [2.05, 4.69) is 48.0 Å². The number of imidazole rings is 1. The Labute approximate surface area is 101 Å². The average Bonchev–Trinajstić information content (AvgIpc) is 2.69. The molecule has 0 amide bonds. The van der Waals surface area contributed by atoms with Crippen LogP contribution in [0.25, 0.3) is 11.3 Å². The zero-order chi connectivity index (χ0) is 11.8. The molecule has 0 unspecified atom stereocenters. The Kier molecular flexibility index (Phi) is 2.48. The Bertz CT molecular complexity index is 537. The Morgan fingerprint density at radius 3 is 2.65 bits per heavy atom. The van der Waals surface area contributed by atoms with E-state index in [0.717, 1.165) is 31.2 Å². The van der Waals surface area contributed by atoms with Crippen molar-refractivity contribution in [2.24, 2.45) is 0 Å². The largest absolute Gasteiger partial charge is 0.329 e. The van der Waals surface area contributed by atoms with Crippen molar-refractivity contribution >= 4 is 0 Å². The molecule has 1 N–H and O–H groups in total. The first-order valence-electron chi connectivity index (χ1n) is 6.09. The molecule has 88 valence electrons. The van der Waals surface area contributed by atoms with Crippen molar-refractivity contribution in [3.63, 3.8) is 0 Å². The molecule has 3 heteroatoms. The third kappa shape index (κ3) is 1.76. The quantitative estimate of drug-likeness (QED) is 0.810. The van der Waals surface area contributed by atoms with Gasteiger partial charge in [0.25, 0.3) is 0 Å². The topological polar surface area (TPSA) is 29.9 Å². The van der Waals surface area contributed by atoms with Gasteiger partial charge in [0.05, 0.1) is 12.2 Å². The molecule has 1 aromatic heterocycles. The number of nitrogens with zero attached hydrogens (tertiary/aromatic N) is 2. The minimum atomic E-state index is 0.882. The second kappa shape index (κ2) is 4.00. The number of benzene rings is 1. The summed E-state index contributed by atoms with van der Waals surface area (Å²) in [6.45, 7) is 7.22. The van der Waals surface area contributed by atoms with Crippen LogP contribution in [0.2, 0.25) is 0 Å². The number of rotatable bonds is 1. The fourth-order valence-electron chi connectivity index (χ4n) is 2.40. The predicted octanol–water partition coefficient (Wildman–Crippen LogP) is 2.27. The highest BCUT2D eigenvalue weighted by Gasteiger charge is 2.17. The summed E-state index contributed by atoms with van der Waals surface area (Å²) < 4.78 is 2.33. The summed E-state index contributed by atoms with van der Waals surface area (Å²) in [5, 5.41) is 3.36. The molecule has 1 aliphatic rings. The van der Waals surface area contributed by atoms with Gasteiger partial charge in [-0.2, -0.15) is 0 Å². The maximum Gasteiger partial charge on any atom is 0.123 e. The first kappa shape index (κ1) is 10.5. The summed E-state index contributed by atoms with van der Waals surface area (Å²) in [6, 6.07) is 8.60. The van der Waals surface area contributed by atoms with E-state index in [9.17, 15) is 0 Å². The van der Waals surface area contributed by atoms with Gasteiger partial charge in [0.15, 0.2) is 0 Å². The highest BCUT2D eigenvalue weighted by molar-refractivity contribution is 5.62. The first-order valence-corrected chi connectivity index (χ1v) is 6.09. The van der Waals surface area contributed by atoms with E-state index < -0.39 is 0 Å². The molecule has 0 saturated carbocycles. The van der Waals surface area contributed by atoms with Gasteiger partial charge in [0, 0.05) is 24.3 Å². The molecule has 1 aliphatic heterocycles. The summed E-state index contributed by atoms with van der Waals surface area (Å²) in [6.07, 6.45) is 0. The van der Waals surface area contributed by atoms with E-state index in [1.165, 1.54) is 16.8 Å². The molecule has 1 aromatic carbocycles. The van der Waals surface area contributed by atoms with Gasteiger partial charge in [-0.25, -0.2) is 4.98 Å². The average molecular weight is 227 g/mol. The maximum absolute atomic E-state index is 4.75. The molecule has 0 spiro atoms. The Morgan fingerprint density at radius 2 is 1.94 bits per heavy atom. The molecule has 2 aromatic rings. The minimum Gasteiger partial charge on any atom is -0.329 e. The third-order valence-electron chi connectivity index (χ3n) is 3.42. The van der Waals surface area contributed by atoms with Gasteiger partial charge in [0.2, 0.25) is 0 Å². The number of aromatic nitrogens is 2. The van der Waals surface area contributed by atoms with Crippen LogP contribution in [-0.4, -0.2) is 16.1 Å². The normalized spacial score (nSPS) is 14.7. The summed E-state index contributed by atoms with van der Waals surface area (Å²) in [5.74, 6) is 1.16. The van der Waals surface area contributed by atoms with Crippen molar-refractivity contribution in [3.05, 3.63) is 41.3 Å². The molecule has 0 bridgehead atoms. The number of hydrogen-bond acceptors (Lipinski definition) is 2. The van der Waals surface area contributed by atoms with Crippen molar-refractivity contribution in [2.45, 2.75) is 26.9 Å². The van der Waals surface area contributed by atoms with Crippen LogP contribution < -0.4 is 5.32 Å². The monoisotopic (exact) mass is 227 g/mol. The smallest absolute Gasteiger partial charge is 0.123 e. The molecule has 2 heterocycles. The molecule has 0 aliphatic carbocycles. The predicted molar refractivity (Wildman–Crippen MR) is 68.8 cm³/mol. The summed E-state index contributed by atoms with van der Waals surface area (Å²) in [5.41, 5.74) is 4.92. The zero-order valence-corrected chi connectivity index (χ0v) is 10.3. The Morgan fingerprint density at radius 1 is 1.18 bits per heavy atom. The molecule has 0 saturated heterocycles. The number of fused-ring (bicyclic) bond motifs is 1. The fourth-order valence-corrected chi connectivity index (χ4v) is 2.40. The molecule has 17 heavy (non-hydrogen) atoms. The maximum atomic E-state index is 4.75. The number of aryl methyl sites for hydroxylation is 1. The van der Waals surface area contributed by atoms with Gasteiger partial charge < -0.3 is 9.88 Å². The van der Waals surface area contributed by atoms with E-state index in [4.69, 9.17) is 4.98 Å². The van der Waals surface area contributed by atoms with Gasteiger partial charge in [-0.05, 0) is 13.8 Å². The van der Waals surface area contributed by atoms with Gasteiger partial charge in [-0.15, -0.1) is 0 Å². The number of nitrogens with one attached hydrogen (secondary N) is 1. The van der Waals surface area contributed by atoms with Crippen LogP contribution in [0, 0.1) is 13.8 Å². The molecule has 0 radical (unpaired) electrons. The van der Waals surface area contributed by atoms with E-state index >= 15 is 0 Å². The van der Waals surface area contributed by atoms with Crippen molar-refractivity contribution in [2.75, 3.05) is 6.54 Å². The van der Waals surface area contributed by atoms with Crippen LogP contribution in [-0.2, 0) is 13.1 Å². The lowest BCUT2D eigenvalue weighted by atomic mass is 10.1. The van der Waals surface area contributed by atoms with Crippen molar-refractivity contribution < 1.29 is 0 Å². The molecule has 3 rings (SSSR count). The number of hydrogen-bond donors (Lipinski definition) is 1. The lowest BCUT2D eigenvalue weighted by Gasteiger charge is -2.15. The van der Waals surface area contributed by atoms with Crippen molar-refractivity contribution in [1.29, 1.82) is 0 Å².